The Morgan fingerprint density at radius 1 is 1.19 bits per heavy atom. The SMILES string of the molecule is OC(c1cc(F)ccc1F)C1CCOC2(CCCCC2)C1. The van der Waals surface area contributed by atoms with Gasteiger partial charge in [-0.2, -0.15) is 0 Å². The quantitative estimate of drug-likeness (QED) is 0.889. The number of aliphatic hydroxyl groups is 1. The fourth-order valence-electron chi connectivity index (χ4n) is 3.87. The Morgan fingerprint density at radius 3 is 2.71 bits per heavy atom. The molecule has 1 heterocycles. The molecule has 2 fully saturated rings. The molecule has 0 amide bonds. The summed E-state index contributed by atoms with van der Waals surface area (Å²) < 4.78 is 33.2. The first-order valence-corrected chi connectivity index (χ1v) is 7.87. The topological polar surface area (TPSA) is 29.5 Å². The van der Waals surface area contributed by atoms with Crippen LogP contribution in [0.5, 0.6) is 0 Å². The Morgan fingerprint density at radius 2 is 1.95 bits per heavy atom. The predicted molar refractivity (Wildman–Crippen MR) is 75.8 cm³/mol. The van der Waals surface area contributed by atoms with Crippen molar-refractivity contribution in [2.45, 2.75) is 56.7 Å². The van der Waals surface area contributed by atoms with Crippen LogP contribution in [0, 0.1) is 17.6 Å². The van der Waals surface area contributed by atoms with Gasteiger partial charge in [-0.05, 0) is 49.8 Å². The molecule has 1 saturated heterocycles. The molecule has 3 rings (SSSR count). The van der Waals surface area contributed by atoms with Gasteiger partial charge in [0.15, 0.2) is 0 Å². The Hall–Kier alpha value is -1.00. The van der Waals surface area contributed by atoms with E-state index >= 15 is 0 Å². The molecule has 1 saturated carbocycles. The van der Waals surface area contributed by atoms with E-state index in [-0.39, 0.29) is 17.1 Å². The van der Waals surface area contributed by atoms with E-state index < -0.39 is 17.7 Å². The first kappa shape index (κ1) is 14.9. The van der Waals surface area contributed by atoms with Gasteiger partial charge in [0.1, 0.15) is 11.6 Å². The summed E-state index contributed by atoms with van der Waals surface area (Å²) in [4.78, 5) is 0. The van der Waals surface area contributed by atoms with Crippen LogP contribution < -0.4 is 0 Å². The number of hydrogen-bond donors (Lipinski definition) is 1. The van der Waals surface area contributed by atoms with Crippen molar-refractivity contribution in [3.63, 3.8) is 0 Å². The number of aliphatic hydroxyl groups excluding tert-OH is 1. The van der Waals surface area contributed by atoms with Crippen molar-refractivity contribution in [2.75, 3.05) is 6.61 Å². The second kappa shape index (κ2) is 6.01. The minimum atomic E-state index is -0.955. The molecule has 1 aliphatic heterocycles. The average molecular weight is 296 g/mol. The van der Waals surface area contributed by atoms with Gasteiger partial charge in [-0.1, -0.05) is 19.3 Å². The largest absolute Gasteiger partial charge is 0.388 e. The molecule has 0 aromatic heterocycles. The third-order valence-corrected chi connectivity index (χ3v) is 5.02. The molecule has 21 heavy (non-hydrogen) atoms. The summed E-state index contributed by atoms with van der Waals surface area (Å²) in [5.41, 5.74) is -0.0702. The fraction of sp³-hybridized carbons (Fsp3) is 0.647. The van der Waals surface area contributed by atoms with Crippen molar-refractivity contribution >= 4 is 0 Å². The monoisotopic (exact) mass is 296 g/mol. The lowest BCUT2D eigenvalue weighted by Gasteiger charge is -2.44. The van der Waals surface area contributed by atoms with Crippen LogP contribution in [0.1, 0.15) is 56.6 Å². The van der Waals surface area contributed by atoms with E-state index in [0.29, 0.717) is 13.0 Å². The van der Waals surface area contributed by atoms with E-state index in [0.717, 1.165) is 50.3 Å². The molecule has 0 radical (unpaired) electrons. The second-order valence-corrected chi connectivity index (χ2v) is 6.46. The zero-order valence-electron chi connectivity index (χ0n) is 12.2. The lowest BCUT2D eigenvalue weighted by molar-refractivity contribution is -0.134. The lowest BCUT2D eigenvalue weighted by atomic mass is 9.74. The van der Waals surface area contributed by atoms with E-state index in [1.165, 1.54) is 6.42 Å². The average Bonchev–Trinajstić information content (AvgIpc) is 2.50. The summed E-state index contributed by atoms with van der Waals surface area (Å²) in [6, 6.07) is 3.28. The highest BCUT2D eigenvalue weighted by molar-refractivity contribution is 5.22. The van der Waals surface area contributed by atoms with Gasteiger partial charge >= 0.3 is 0 Å². The van der Waals surface area contributed by atoms with Crippen molar-refractivity contribution in [3.8, 4) is 0 Å². The number of hydrogen-bond acceptors (Lipinski definition) is 2. The predicted octanol–water partition coefficient (Wildman–Crippen LogP) is 4.13. The first-order valence-electron chi connectivity index (χ1n) is 7.87. The minimum Gasteiger partial charge on any atom is -0.388 e. The molecule has 0 bridgehead atoms. The number of benzene rings is 1. The number of halogens is 2. The van der Waals surface area contributed by atoms with Gasteiger partial charge in [-0.15, -0.1) is 0 Å². The summed E-state index contributed by atoms with van der Waals surface area (Å²) in [5.74, 6) is -1.11. The van der Waals surface area contributed by atoms with Crippen LogP contribution in [0.4, 0.5) is 8.78 Å². The fourth-order valence-corrected chi connectivity index (χ4v) is 3.87. The Kier molecular flexibility index (Phi) is 4.27. The molecule has 2 atom stereocenters. The molecule has 1 aromatic carbocycles. The van der Waals surface area contributed by atoms with Crippen molar-refractivity contribution in [2.24, 2.45) is 5.92 Å². The van der Waals surface area contributed by atoms with Crippen LogP contribution >= 0.6 is 0 Å². The zero-order valence-corrected chi connectivity index (χ0v) is 12.2. The van der Waals surface area contributed by atoms with Gasteiger partial charge in [-0.3, -0.25) is 0 Å². The van der Waals surface area contributed by atoms with Gasteiger partial charge in [-0.25, -0.2) is 8.78 Å². The van der Waals surface area contributed by atoms with E-state index in [2.05, 4.69) is 0 Å². The molecule has 1 spiro atoms. The van der Waals surface area contributed by atoms with E-state index in [1.54, 1.807) is 0 Å². The molecule has 1 aliphatic carbocycles. The van der Waals surface area contributed by atoms with Crippen molar-refractivity contribution in [1.82, 2.24) is 0 Å². The van der Waals surface area contributed by atoms with Crippen LogP contribution in [0.25, 0.3) is 0 Å². The van der Waals surface area contributed by atoms with Crippen LogP contribution in [0.2, 0.25) is 0 Å². The zero-order chi connectivity index (χ0) is 14.9. The van der Waals surface area contributed by atoms with Gasteiger partial charge < -0.3 is 9.84 Å². The van der Waals surface area contributed by atoms with Crippen molar-refractivity contribution in [1.29, 1.82) is 0 Å². The summed E-state index contributed by atoms with van der Waals surface area (Å²) in [6.07, 6.45) is 6.04. The summed E-state index contributed by atoms with van der Waals surface area (Å²) in [6.45, 7) is 0.596. The highest BCUT2D eigenvalue weighted by atomic mass is 19.1. The van der Waals surface area contributed by atoms with Gasteiger partial charge in [0.25, 0.3) is 0 Å². The maximum Gasteiger partial charge on any atom is 0.129 e. The smallest absolute Gasteiger partial charge is 0.129 e. The highest BCUT2D eigenvalue weighted by Crippen LogP contribution is 2.44. The number of ether oxygens (including phenoxy) is 1. The van der Waals surface area contributed by atoms with E-state index in [9.17, 15) is 13.9 Å². The number of rotatable bonds is 2. The van der Waals surface area contributed by atoms with Gasteiger partial charge in [0.2, 0.25) is 0 Å². The molecular weight excluding hydrogens is 274 g/mol. The summed E-state index contributed by atoms with van der Waals surface area (Å²) >= 11 is 0. The van der Waals surface area contributed by atoms with Crippen LogP contribution in [-0.4, -0.2) is 17.3 Å². The Labute approximate surface area is 124 Å². The maximum atomic E-state index is 13.9. The first-order chi connectivity index (χ1) is 10.1. The van der Waals surface area contributed by atoms with Crippen LogP contribution in [-0.2, 0) is 4.74 Å². The molecule has 116 valence electrons. The summed E-state index contributed by atoms with van der Waals surface area (Å²) in [7, 11) is 0. The van der Waals surface area contributed by atoms with Gasteiger partial charge in [0.05, 0.1) is 11.7 Å². The third kappa shape index (κ3) is 3.11. The van der Waals surface area contributed by atoms with Crippen LogP contribution in [0.3, 0.4) is 0 Å². The van der Waals surface area contributed by atoms with Gasteiger partial charge in [0, 0.05) is 12.2 Å². The van der Waals surface area contributed by atoms with Crippen molar-refractivity contribution < 1.29 is 18.6 Å². The maximum absolute atomic E-state index is 13.9. The minimum absolute atomic E-state index is 0.0619. The molecule has 1 N–H and O–H groups in total. The van der Waals surface area contributed by atoms with E-state index in [1.807, 2.05) is 0 Å². The van der Waals surface area contributed by atoms with E-state index in [4.69, 9.17) is 4.74 Å². The third-order valence-electron chi connectivity index (χ3n) is 5.02. The highest BCUT2D eigenvalue weighted by Gasteiger charge is 2.41. The summed E-state index contributed by atoms with van der Waals surface area (Å²) in [5, 5.41) is 10.5. The molecule has 4 heteroatoms. The molecule has 2 aliphatic rings. The molecule has 2 unspecified atom stereocenters. The van der Waals surface area contributed by atoms with Crippen LogP contribution in [0.15, 0.2) is 18.2 Å². The second-order valence-electron chi connectivity index (χ2n) is 6.46. The molecule has 2 nitrogen and oxygen atoms in total. The normalized spacial score (nSPS) is 26.7. The Balaban J connectivity index is 1.77. The standard InChI is InChI=1S/C17H22F2O2/c18-13-4-5-15(19)14(10-13)16(20)12-6-9-21-17(11-12)7-2-1-3-8-17/h4-5,10,12,16,20H,1-3,6-9,11H2. The lowest BCUT2D eigenvalue weighted by Crippen LogP contribution is -2.42. The van der Waals surface area contributed by atoms with Crippen molar-refractivity contribution in [3.05, 3.63) is 35.4 Å². The molecule has 1 aromatic rings. The Bertz CT molecular complexity index is 492. The molecular formula is C17H22F2O2.